The zero-order valence-corrected chi connectivity index (χ0v) is 26.7. The molecule has 2 aromatic rings. The van der Waals surface area contributed by atoms with Crippen LogP contribution in [-0.2, 0) is 33.3 Å². The first-order valence-electron chi connectivity index (χ1n) is 14.1. The summed E-state index contributed by atoms with van der Waals surface area (Å²) in [4.78, 5) is 115. The molecule has 0 saturated carbocycles. The van der Waals surface area contributed by atoms with Gasteiger partial charge in [0.25, 0.3) is 29.2 Å². The number of carbonyl (C=O) groups is 6. The SMILES string of the molecule is CCN1C=C(C(O)=C2C(=O)N(C)C(=O)N(C)C2=O)/C(=c2\c(=O)n(C)c(=O)n(C)c2=C2C(=O)N(C)C(=O)N(C)C2=O)c2ccc(C)nc21. The maximum Gasteiger partial charge on any atom is 0.333 e. The molecular formula is C30H30N8O9. The van der Waals surface area contributed by atoms with E-state index in [2.05, 4.69) is 4.98 Å². The summed E-state index contributed by atoms with van der Waals surface area (Å²) in [5.41, 5.74) is -3.19. The Morgan fingerprint density at radius 1 is 0.723 bits per heavy atom. The van der Waals surface area contributed by atoms with Crippen LogP contribution in [0.25, 0.3) is 11.1 Å². The van der Waals surface area contributed by atoms with Gasteiger partial charge in [0.2, 0.25) is 0 Å². The van der Waals surface area contributed by atoms with Crippen LogP contribution >= 0.6 is 0 Å². The Morgan fingerprint density at radius 2 is 1.23 bits per heavy atom. The van der Waals surface area contributed by atoms with Crippen LogP contribution in [0.2, 0.25) is 0 Å². The number of barbiturate groups is 2. The molecule has 8 amide bonds. The summed E-state index contributed by atoms with van der Waals surface area (Å²) >= 11 is 0. The van der Waals surface area contributed by atoms with Crippen molar-refractivity contribution in [2.45, 2.75) is 13.8 Å². The lowest BCUT2D eigenvalue weighted by molar-refractivity contribution is -0.135. The molecule has 0 aromatic carbocycles. The average Bonchev–Trinajstić information content (AvgIpc) is 3.05. The van der Waals surface area contributed by atoms with Crippen molar-refractivity contribution in [2.24, 2.45) is 14.1 Å². The van der Waals surface area contributed by atoms with E-state index in [4.69, 9.17) is 0 Å². The summed E-state index contributed by atoms with van der Waals surface area (Å²) in [6.45, 7) is 3.71. The van der Waals surface area contributed by atoms with Crippen LogP contribution in [0.3, 0.4) is 0 Å². The van der Waals surface area contributed by atoms with Crippen molar-refractivity contribution in [2.75, 3.05) is 39.6 Å². The van der Waals surface area contributed by atoms with E-state index in [-0.39, 0.29) is 29.1 Å². The third-order valence-electron chi connectivity index (χ3n) is 8.32. The highest BCUT2D eigenvalue weighted by atomic mass is 16.3. The molecule has 5 rings (SSSR count). The molecule has 5 heterocycles. The fraction of sp³-hybridized carbons (Fsp3) is 0.300. The molecule has 2 saturated heterocycles. The number of rotatable bonds is 2. The molecule has 2 fully saturated rings. The predicted molar refractivity (Wildman–Crippen MR) is 164 cm³/mol. The average molecular weight is 647 g/mol. The maximum absolute atomic E-state index is 14.2. The van der Waals surface area contributed by atoms with Crippen LogP contribution in [-0.4, -0.2) is 109 Å². The molecule has 3 aliphatic heterocycles. The van der Waals surface area contributed by atoms with Gasteiger partial charge in [-0.05, 0) is 26.0 Å². The van der Waals surface area contributed by atoms with Crippen LogP contribution in [0.4, 0.5) is 15.4 Å². The fourth-order valence-corrected chi connectivity index (χ4v) is 5.63. The number of allylic oxidation sites excluding steroid dienone is 1. The van der Waals surface area contributed by atoms with Gasteiger partial charge in [0, 0.05) is 77.4 Å². The number of hydrogen-bond donors (Lipinski definition) is 1. The third-order valence-corrected chi connectivity index (χ3v) is 8.32. The van der Waals surface area contributed by atoms with Crippen molar-refractivity contribution < 1.29 is 33.9 Å². The van der Waals surface area contributed by atoms with Crippen molar-refractivity contribution in [1.82, 2.24) is 33.7 Å². The van der Waals surface area contributed by atoms with E-state index in [0.29, 0.717) is 25.3 Å². The number of aliphatic hydroxyl groups is 1. The second-order valence-electron chi connectivity index (χ2n) is 11.1. The Labute approximate surface area is 265 Å². The minimum absolute atomic E-state index is 0.168. The first kappa shape index (κ1) is 32.3. The van der Waals surface area contributed by atoms with Gasteiger partial charge < -0.3 is 10.0 Å². The number of nitrogens with zero attached hydrogens (tertiary/aromatic N) is 8. The highest BCUT2D eigenvalue weighted by Gasteiger charge is 2.43. The van der Waals surface area contributed by atoms with Gasteiger partial charge in [0.05, 0.1) is 10.6 Å². The number of anilines is 1. The van der Waals surface area contributed by atoms with E-state index >= 15 is 0 Å². The molecule has 0 radical (unpaired) electrons. The lowest BCUT2D eigenvalue weighted by Crippen LogP contribution is -2.63. The van der Waals surface area contributed by atoms with E-state index in [1.165, 1.54) is 13.2 Å². The fourth-order valence-electron chi connectivity index (χ4n) is 5.63. The number of pyridine rings is 1. The Balaban J connectivity index is 2.13. The van der Waals surface area contributed by atoms with Crippen molar-refractivity contribution in [3.63, 3.8) is 0 Å². The zero-order chi connectivity index (χ0) is 35.0. The molecule has 3 aliphatic rings. The molecule has 0 unspecified atom stereocenters. The predicted octanol–water partition coefficient (Wildman–Crippen LogP) is -2.23. The standard InChI is InChI=1S/C30H30N8O9/c1-9-38-12-15(21(39)19-26(43)36(7)30(47)37(8)27(19)44)16(14-11-10-13(2)31-22(14)38)17-20(32(3)28(45)33(4)23(17)40)18-24(41)34(5)29(46)35(6)25(18)42/h10-12,39H,9H2,1-8H3/b17-16-. The topological polar surface area (TPSA) is 196 Å². The number of hydrogen-bond acceptors (Lipinski definition) is 11. The van der Waals surface area contributed by atoms with E-state index < -0.39 is 74.4 Å². The number of imide groups is 4. The van der Waals surface area contributed by atoms with Crippen molar-refractivity contribution in [1.29, 1.82) is 0 Å². The molecule has 2 aromatic heterocycles. The lowest BCUT2D eigenvalue weighted by Gasteiger charge is -2.32. The van der Waals surface area contributed by atoms with Crippen LogP contribution in [0.15, 0.2) is 44.8 Å². The summed E-state index contributed by atoms with van der Waals surface area (Å²) in [5.74, 6) is -5.13. The van der Waals surface area contributed by atoms with Gasteiger partial charge in [-0.1, -0.05) is 0 Å². The molecule has 0 aliphatic carbocycles. The number of aryl methyl sites for hydroxylation is 1. The number of likely N-dealkylation sites (N-methyl/N-ethyl adjacent to an activating group) is 2. The van der Waals surface area contributed by atoms with Gasteiger partial charge in [-0.25, -0.2) is 19.4 Å². The molecule has 17 nitrogen and oxygen atoms in total. The Morgan fingerprint density at radius 3 is 1.74 bits per heavy atom. The van der Waals surface area contributed by atoms with Gasteiger partial charge in [-0.3, -0.25) is 52.7 Å². The van der Waals surface area contributed by atoms with Gasteiger partial charge in [0.1, 0.15) is 22.7 Å². The zero-order valence-electron chi connectivity index (χ0n) is 26.7. The highest BCUT2D eigenvalue weighted by Crippen LogP contribution is 2.38. The van der Waals surface area contributed by atoms with E-state index in [1.54, 1.807) is 30.9 Å². The number of aromatic nitrogens is 3. The van der Waals surface area contributed by atoms with Gasteiger partial charge >= 0.3 is 17.8 Å². The number of aliphatic hydroxyl groups excluding tert-OH is 1. The molecule has 17 heteroatoms. The van der Waals surface area contributed by atoms with Crippen LogP contribution in [0.5, 0.6) is 0 Å². The molecule has 0 spiro atoms. The molecule has 47 heavy (non-hydrogen) atoms. The van der Waals surface area contributed by atoms with Gasteiger partial charge in [-0.2, -0.15) is 0 Å². The normalized spacial score (nSPS) is 18.5. The van der Waals surface area contributed by atoms with Crippen molar-refractivity contribution >= 4 is 52.7 Å². The largest absolute Gasteiger partial charge is 0.506 e. The molecule has 1 N–H and O–H groups in total. The number of amides is 8. The quantitative estimate of drug-likeness (QED) is 0.211. The van der Waals surface area contributed by atoms with Crippen LogP contribution < -0.4 is 26.7 Å². The van der Waals surface area contributed by atoms with Gasteiger partial charge in [0.15, 0.2) is 0 Å². The minimum Gasteiger partial charge on any atom is -0.506 e. The second-order valence-corrected chi connectivity index (χ2v) is 11.1. The third kappa shape index (κ3) is 4.49. The Hall–Kier alpha value is -6.13. The summed E-state index contributed by atoms with van der Waals surface area (Å²) in [6.07, 6.45) is 1.33. The lowest BCUT2D eigenvalue weighted by atomic mass is 9.89. The first-order valence-corrected chi connectivity index (χ1v) is 14.1. The summed E-state index contributed by atoms with van der Waals surface area (Å²) in [7, 11) is 6.86. The van der Waals surface area contributed by atoms with Crippen LogP contribution in [0, 0.1) is 6.92 Å². The smallest absolute Gasteiger partial charge is 0.333 e. The Kier molecular flexibility index (Phi) is 7.58. The molecular weight excluding hydrogens is 616 g/mol. The summed E-state index contributed by atoms with van der Waals surface area (Å²) < 4.78 is 1.61. The Bertz CT molecular complexity index is 2160. The second kappa shape index (κ2) is 11.0. The van der Waals surface area contributed by atoms with E-state index in [1.807, 2.05) is 0 Å². The van der Waals surface area contributed by atoms with Crippen molar-refractivity contribution in [3.05, 3.63) is 77.9 Å². The van der Waals surface area contributed by atoms with E-state index in [0.717, 1.165) is 44.4 Å². The molecule has 0 bridgehead atoms. The first-order chi connectivity index (χ1) is 22.0. The highest BCUT2D eigenvalue weighted by molar-refractivity contribution is 6.45. The van der Waals surface area contributed by atoms with E-state index in [9.17, 15) is 43.5 Å². The number of urea groups is 2. The van der Waals surface area contributed by atoms with Gasteiger partial charge in [-0.15, -0.1) is 0 Å². The number of fused-ring (bicyclic) bond motifs is 1. The van der Waals surface area contributed by atoms with Crippen molar-refractivity contribution in [3.8, 4) is 0 Å². The minimum atomic E-state index is -1.13. The monoisotopic (exact) mass is 646 g/mol. The molecule has 0 atom stereocenters. The summed E-state index contributed by atoms with van der Waals surface area (Å²) in [5, 5.41) is 10.9. The molecule has 244 valence electrons. The number of carbonyl (C=O) groups excluding carboxylic acids is 6. The van der Waals surface area contributed by atoms with Crippen LogP contribution in [0.1, 0.15) is 18.2 Å². The maximum atomic E-state index is 14.2. The summed E-state index contributed by atoms with van der Waals surface area (Å²) in [6, 6.07) is 1.25.